The third kappa shape index (κ3) is 5.47. The Morgan fingerprint density at radius 2 is 1.76 bits per heavy atom. The molecule has 0 aliphatic carbocycles. The number of carbonyl (C=O) groups is 2. The fourth-order valence-electron chi connectivity index (χ4n) is 3.33. The first-order chi connectivity index (χ1) is 13.7. The highest BCUT2D eigenvalue weighted by Crippen LogP contribution is 2.26. The van der Waals surface area contributed by atoms with Gasteiger partial charge < -0.3 is 15.8 Å². The third-order valence-corrected chi connectivity index (χ3v) is 4.70. The molecule has 3 N–H and O–H groups in total. The Balaban J connectivity index is 1.64. The molecule has 0 unspecified atom stereocenters. The summed E-state index contributed by atoms with van der Waals surface area (Å²) in [6.45, 7) is 0.131. The number of nitrogens with two attached hydrogens (primary N) is 1. The van der Waals surface area contributed by atoms with E-state index in [2.05, 4.69) is 10.1 Å². The van der Waals surface area contributed by atoms with E-state index in [1.807, 2.05) is 24.3 Å². The first-order valence-electron chi connectivity index (χ1n) is 8.93. The zero-order chi connectivity index (χ0) is 21.0. The number of amides is 2. The predicted octanol–water partition coefficient (Wildman–Crippen LogP) is 2.11. The van der Waals surface area contributed by atoms with Crippen LogP contribution in [0.25, 0.3) is 0 Å². The van der Waals surface area contributed by atoms with Gasteiger partial charge in [-0.3, -0.25) is 14.5 Å². The van der Waals surface area contributed by atoms with Crippen LogP contribution in [-0.4, -0.2) is 35.7 Å². The molecule has 3 rings (SSSR count). The summed E-state index contributed by atoms with van der Waals surface area (Å²) < 4.78 is 41.5. The Bertz CT molecular complexity index is 902. The normalized spacial score (nSPS) is 16.7. The van der Waals surface area contributed by atoms with E-state index in [0.29, 0.717) is 13.0 Å². The van der Waals surface area contributed by atoms with Crippen LogP contribution in [0.3, 0.4) is 0 Å². The lowest BCUT2D eigenvalue weighted by Gasteiger charge is -2.34. The molecule has 1 aliphatic rings. The maximum atomic E-state index is 12.5. The first-order valence-corrected chi connectivity index (χ1v) is 8.93. The quantitative estimate of drug-likeness (QED) is 0.768. The highest BCUT2D eigenvalue weighted by atomic mass is 19.4. The highest BCUT2D eigenvalue weighted by molar-refractivity contribution is 5.83. The fraction of sp³-hybridized carbons (Fsp3) is 0.300. The van der Waals surface area contributed by atoms with Crippen molar-refractivity contribution in [2.24, 2.45) is 5.73 Å². The van der Waals surface area contributed by atoms with Gasteiger partial charge in [0.05, 0.1) is 12.6 Å². The van der Waals surface area contributed by atoms with Gasteiger partial charge in [0.1, 0.15) is 5.75 Å². The zero-order valence-corrected chi connectivity index (χ0v) is 15.4. The Kier molecular flexibility index (Phi) is 6.07. The maximum Gasteiger partial charge on any atom is 0.573 e. The monoisotopic (exact) mass is 407 g/mol. The van der Waals surface area contributed by atoms with E-state index in [1.165, 1.54) is 18.2 Å². The summed E-state index contributed by atoms with van der Waals surface area (Å²) in [5.74, 6) is -1.34. The number of para-hydroxylation sites is 1. The molecule has 6 nitrogen and oxygen atoms in total. The van der Waals surface area contributed by atoms with Crippen molar-refractivity contribution in [3.8, 4) is 5.75 Å². The van der Waals surface area contributed by atoms with E-state index in [0.717, 1.165) is 11.1 Å². The lowest BCUT2D eigenvalue weighted by atomic mass is 9.93. The second-order valence-corrected chi connectivity index (χ2v) is 6.73. The number of primary amides is 1. The van der Waals surface area contributed by atoms with Crippen LogP contribution in [-0.2, 0) is 29.1 Å². The number of hydrogen-bond acceptors (Lipinski definition) is 4. The van der Waals surface area contributed by atoms with Crippen LogP contribution in [0.1, 0.15) is 16.7 Å². The van der Waals surface area contributed by atoms with Crippen LogP contribution < -0.4 is 15.8 Å². The number of hydrogen-bond donors (Lipinski definition) is 2. The van der Waals surface area contributed by atoms with Crippen molar-refractivity contribution in [3.05, 3.63) is 65.2 Å². The molecule has 0 saturated carbocycles. The smallest absolute Gasteiger partial charge is 0.405 e. The van der Waals surface area contributed by atoms with Gasteiger partial charge in [0.25, 0.3) is 0 Å². The molecule has 1 heterocycles. The van der Waals surface area contributed by atoms with Crippen molar-refractivity contribution in [1.82, 2.24) is 10.2 Å². The lowest BCUT2D eigenvalue weighted by Crippen LogP contribution is -2.51. The Hall–Kier alpha value is -3.07. The molecule has 2 aromatic rings. The number of carbonyl (C=O) groups excluding carboxylic acids is 2. The van der Waals surface area contributed by atoms with Crippen LogP contribution >= 0.6 is 0 Å². The number of benzene rings is 2. The highest BCUT2D eigenvalue weighted by Gasteiger charge is 2.33. The number of halogens is 3. The van der Waals surface area contributed by atoms with Gasteiger partial charge in [0.15, 0.2) is 0 Å². The summed E-state index contributed by atoms with van der Waals surface area (Å²) >= 11 is 0. The molecule has 2 amide bonds. The molecule has 1 aliphatic heterocycles. The van der Waals surface area contributed by atoms with E-state index in [9.17, 15) is 22.8 Å². The molecule has 0 spiro atoms. The standard InChI is InChI=1S/C20H20F3N3O3/c21-20(22,23)29-17-8-4-3-6-14(17)10-25-18(27)12-26-11-15-7-2-1-5-13(15)9-16(26)19(24)28/h1-8,16H,9-12H2,(H2,24,28)(H,25,27)/t16-/m1/s1. The van der Waals surface area contributed by atoms with Crippen LogP contribution in [0.4, 0.5) is 13.2 Å². The van der Waals surface area contributed by atoms with E-state index < -0.39 is 24.2 Å². The maximum absolute atomic E-state index is 12.5. The number of ether oxygens (including phenoxy) is 1. The molecule has 0 fully saturated rings. The van der Waals surface area contributed by atoms with Crippen LogP contribution in [0.5, 0.6) is 5.75 Å². The van der Waals surface area contributed by atoms with E-state index in [4.69, 9.17) is 5.73 Å². The summed E-state index contributed by atoms with van der Waals surface area (Å²) in [6.07, 6.45) is -4.42. The summed E-state index contributed by atoms with van der Waals surface area (Å²) in [4.78, 5) is 25.9. The number of rotatable bonds is 6. The molecule has 1 atom stereocenters. The fourth-order valence-corrected chi connectivity index (χ4v) is 3.33. The molecule has 0 bridgehead atoms. The number of nitrogens with one attached hydrogen (secondary N) is 1. The van der Waals surface area contributed by atoms with Crippen LogP contribution in [0, 0.1) is 0 Å². The first kappa shape index (κ1) is 20.7. The molecule has 29 heavy (non-hydrogen) atoms. The summed E-state index contributed by atoms with van der Waals surface area (Å²) in [7, 11) is 0. The third-order valence-electron chi connectivity index (χ3n) is 4.70. The van der Waals surface area contributed by atoms with Crippen molar-refractivity contribution >= 4 is 11.8 Å². The lowest BCUT2D eigenvalue weighted by molar-refractivity contribution is -0.274. The van der Waals surface area contributed by atoms with Gasteiger partial charge in [-0.05, 0) is 23.6 Å². The SMILES string of the molecule is NC(=O)[C@H]1Cc2ccccc2CN1CC(=O)NCc1ccccc1OC(F)(F)F. The molecular weight excluding hydrogens is 387 g/mol. The molecule has 2 aromatic carbocycles. The average Bonchev–Trinajstić information content (AvgIpc) is 2.65. The Labute approximate surface area is 165 Å². The minimum atomic E-state index is -4.82. The van der Waals surface area contributed by atoms with Crippen LogP contribution in [0.2, 0.25) is 0 Å². The predicted molar refractivity (Wildman–Crippen MR) is 98.5 cm³/mol. The van der Waals surface area contributed by atoms with Crippen molar-refractivity contribution in [1.29, 1.82) is 0 Å². The van der Waals surface area contributed by atoms with Crippen molar-refractivity contribution in [2.45, 2.75) is 31.9 Å². The van der Waals surface area contributed by atoms with E-state index >= 15 is 0 Å². The number of nitrogens with zero attached hydrogens (tertiary/aromatic N) is 1. The largest absolute Gasteiger partial charge is 0.573 e. The Morgan fingerprint density at radius 1 is 1.10 bits per heavy atom. The van der Waals surface area contributed by atoms with Gasteiger partial charge in [-0.1, -0.05) is 42.5 Å². The van der Waals surface area contributed by atoms with E-state index in [-0.39, 0.29) is 24.4 Å². The molecule has 154 valence electrons. The molecule has 9 heteroatoms. The molecule has 0 aromatic heterocycles. The van der Waals surface area contributed by atoms with Crippen molar-refractivity contribution in [3.63, 3.8) is 0 Å². The van der Waals surface area contributed by atoms with Crippen molar-refractivity contribution < 1.29 is 27.5 Å². The second-order valence-electron chi connectivity index (χ2n) is 6.73. The van der Waals surface area contributed by atoms with Crippen LogP contribution in [0.15, 0.2) is 48.5 Å². The summed E-state index contributed by atoms with van der Waals surface area (Å²) in [5, 5.41) is 2.58. The second kappa shape index (κ2) is 8.52. The van der Waals surface area contributed by atoms with Gasteiger partial charge in [0, 0.05) is 18.7 Å². The number of alkyl halides is 3. The van der Waals surface area contributed by atoms with Gasteiger partial charge >= 0.3 is 6.36 Å². The minimum Gasteiger partial charge on any atom is -0.405 e. The van der Waals surface area contributed by atoms with E-state index in [1.54, 1.807) is 11.0 Å². The average molecular weight is 407 g/mol. The number of fused-ring (bicyclic) bond motifs is 1. The molecule has 0 saturated heterocycles. The van der Waals surface area contributed by atoms with Crippen molar-refractivity contribution in [2.75, 3.05) is 6.54 Å². The van der Waals surface area contributed by atoms with Gasteiger partial charge in [-0.25, -0.2) is 0 Å². The molecule has 0 radical (unpaired) electrons. The summed E-state index contributed by atoms with van der Waals surface area (Å²) in [6, 6.07) is 12.5. The minimum absolute atomic E-state index is 0.107. The van der Waals surface area contributed by atoms with Gasteiger partial charge in [0.2, 0.25) is 11.8 Å². The topological polar surface area (TPSA) is 84.7 Å². The Morgan fingerprint density at radius 3 is 2.45 bits per heavy atom. The van der Waals surface area contributed by atoms with Gasteiger partial charge in [-0.2, -0.15) is 0 Å². The van der Waals surface area contributed by atoms with Gasteiger partial charge in [-0.15, -0.1) is 13.2 Å². The summed E-state index contributed by atoms with van der Waals surface area (Å²) in [5.41, 5.74) is 7.69. The zero-order valence-electron chi connectivity index (χ0n) is 15.4. The molecular formula is C20H20F3N3O3.